The molecule has 0 radical (unpaired) electrons. The first-order chi connectivity index (χ1) is 14.0. The van der Waals surface area contributed by atoms with E-state index in [1.807, 2.05) is 56.3 Å². The van der Waals surface area contributed by atoms with E-state index in [0.29, 0.717) is 0 Å². The van der Waals surface area contributed by atoms with Crippen molar-refractivity contribution in [3.63, 3.8) is 0 Å². The van der Waals surface area contributed by atoms with Gasteiger partial charge in [-0.3, -0.25) is 4.79 Å². The summed E-state index contributed by atoms with van der Waals surface area (Å²) in [4.78, 5) is 17.0. The number of carbonyl (C=O) groups excluding carboxylic acids is 1. The Kier molecular flexibility index (Phi) is 5.32. The molecule has 29 heavy (non-hydrogen) atoms. The summed E-state index contributed by atoms with van der Waals surface area (Å²) in [6.45, 7) is 6.01. The van der Waals surface area contributed by atoms with Crippen molar-refractivity contribution in [3.05, 3.63) is 77.4 Å². The van der Waals surface area contributed by atoms with E-state index < -0.39 is 0 Å². The topological polar surface area (TPSA) is 51.2 Å². The summed E-state index contributed by atoms with van der Waals surface area (Å²) in [6, 6.07) is 19.9. The number of para-hydroxylation sites is 1. The van der Waals surface area contributed by atoms with Gasteiger partial charge in [-0.25, -0.2) is 4.98 Å². The Bertz CT molecular complexity index is 1160. The molecule has 4 rings (SSSR count). The molecule has 1 heterocycles. The molecule has 1 amide bonds. The van der Waals surface area contributed by atoms with Gasteiger partial charge in [0.1, 0.15) is 10.8 Å². The van der Waals surface area contributed by atoms with Gasteiger partial charge in [-0.15, -0.1) is 11.3 Å². The number of nitrogens with one attached hydrogen (secondary N) is 1. The van der Waals surface area contributed by atoms with Gasteiger partial charge in [0, 0.05) is 11.3 Å². The Labute approximate surface area is 174 Å². The molecule has 146 valence electrons. The highest BCUT2D eigenvalue weighted by atomic mass is 32.1. The smallest absolute Gasteiger partial charge is 0.262 e. The van der Waals surface area contributed by atoms with E-state index >= 15 is 0 Å². The second-order valence-electron chi connectivity index (χ2n) is 7.13. The fourth-order valence-electron chi connectivity index (χ4n) is 3.21. The lowest BCUT2D eigenvalue weighted by atomic mass is 10.1. The van der Waals surface area contributed by atoms with Crippen molar-refractivity contribution in [1.29, 1.82) is 0 Å². The van der Waals surface area contributed by atoms with Crippen LogP contribution in [0, 0.1) is 20.8 Å². The molecule has 1 aromatic heterocycles. The van der Waals surface area contributed by atoms with Crippen LogP contribution in [0.3, 0.4) is 0 Å². The van der Waals surface area contributed by atoms with Gasteiger partial charge in [0.2, 0.25) is 0 Å². The summed E-state index contributed by atoms with van der Waals surface area (Å²) >= 11 is 1.67. The maximum Gasteiger partial charge on any atom is 0.262 e. The number of nitrogens with zero attached hydrogens (tertiary/aromatic N) is 1. The fraction of sp³-hybridized carbons (Fsp3) is 0.167. The van der Waals surface area contributed by atoms with E-state index in [9.17, 15) is 4.79 Å². The SMILES string of the molecule is Cc1ccc2nc(-c3ccc(NC(=O)COc4c(C)cccc4C)cc3)sc2c1. The van der Waals surface area contributed by atoms with Crippen molar-refractivity contribution in [3.8, 4) is 16.3 Å². The maximum atomic E-state index is 12.3. The predicted molar refractivity (Wildman–Crippen MR) is 120 cm³/mol. The third-order valence-corrected chi connectivity index (χ3v) is 5.78. The molecule has 5 heteroatoms. The van der Waals surface area contributed by atoms with Crippen molar-refractivity contribution in [2.45, 2.75) is 20.8 Å². The molecule has 4 aromatic rings. The molecule has 1 N–H and O–H groups in total. The largest absolute Gasteiger partial charge is 0.483 e. The minimum absolute atomic E-state index is 0.0231. The van der Waals surface area contributed by atoms with Gasteiger partial charge >= 0.3 is 0 Å². The molecule has 0 spiro atoms. The van der Waals surface area contributed by atoms with Crippen LogP contribution in [0.1, 0.15) is 16.7 Å². The summed E-state index contributed by atoms with van der Waals surface area (Å²) in [6.07, 6.45) is 0. The molecule has 0 saturated carbocycles. The van der Waals surface area contributed by atoms with E-state index in [2.05, 4.69) is 30.4 Å². The number of fused-ring (bicyclic) bond motifs is 1. The van der Waals surface area contributed by atoms with Gasteiger partial charge in [0.15, 0.2) is 6.61 Å². The van der Waals surface area contributed by atoms with E-state index in [1.165, 1.54) is 10.3 Å². The summed E-state index contributed by atoms with van der Waals surface area (Å²) in [5, 5.41) is 3.86. The first kappa shape index (κ1) is 19.2. The average molecular weight is 403 g/mol. The molecule has 0 bridgehead atoms. The van der Waals surface area contributed by atoms with Crippen LogP contribution < -0.4 is 10.1 Å². The summed E-state index contributed by atoms with van der Waals surface area (Å²) in [7, 11) is 0. The van der Waals surface area contributed by atoms with Crippen molar-refractivity contribution in [2.75, 3.05) is 11.9 Å². The standard InChI is InChI=1S/C24H22N2O2S/c1-15-7-12-20-21(13-15)29-24(26-20)18-8-10-19(11-9-18)25-22(27)14-28-23-16(2)5-4-6-17(23)3/h4-13H,14H2,1-3H3,(H,25,27). The zero-order valence-electron chi connectivity index (χ0n) is 16.7. The number of amides is 1. The van der Waals surface area contributed by atoms with Gasteiger partial charge in [-0.1, -0.05) is 24.3 Å². The monoisotopic (exact) mass is 402 g/mol. The Morgan fingerprint density at radius 1 is 1.00 bits per heavy atom. The summed E-state index contributed by atoms with van der Waals surface area (Å²) in [5.74, 6) is 0.583. The Morgan fingerprint density at radius 2 is 1.72 bits per heavy atom. The molecule has 0 saturated heterocycles. The van der Waals surface area contributed by atoms with Gasteiger partial charge in [0.05, 0.1) is 10.2 Å². The van der Waals surface area contributed by atoms with E-state index in [0.717, 1.165) is 38.7 Å². The second kappa shape index (κ2) is 8.05. The van der Waals surface area contributed by atoms with E-state index in [4.69, 9.17) is 9.72 Å². The number of hydrogen-bond donors (Lipinski definition) is 1. The highest BCUT2D eigenvalue weighted by Crippen LogP contribution is 2.31. The fourth-order valence-corrected chi connectivity index (χ4v) is 4.28. The number of aromatic nitrogens is 1. The first-order valence-corrected chi connectivity index (χ1v) is 10.3. The number of rotatable bonds is 5. The van der Waals surface area contributed by atoms with Crippen molar-refractivity contribution in [1.82, 2.24) is 4.98 Å². The molecule has 4 nitrogen and oxygen atoms in total. The van der Waals surface area contributed by atoms with Crippen LogP contribution in [0.25, 0.3) is 20.8 Å². The Balaban J connectivity index is 1.41. The minimum Gasteiger partial charge on any atom is -0.483 e. The highest BCUT2D eigenvalue weighted by Gasteiger charge is 2.09. The van der Waals surface area contributed by atoms with Gasteiger partial charge in [0.25, 0.3) is 5.91 Å². The number of aryl methyl sites for hydroxylation is 3. The number of carbonyl (C=O) groups is 1. The van der Waals surface area contributed by atoms with E-state index in [1.54, 1.807) is 11.3 Å². The van der Waals surface area contributed by atoms with Crippen LogP contribution >= 0.6 is 11.3 Å². The number of thiazole rings is 1. The molecular formula is C24H22N2O2S. The molecule has 0 aliphatic rings. The lowest BCUT2D eigenvalue weighted by Crippen LogP contribution is -2.20. The third-order valence-electron chi connectivity index (χ3n) is 4.72. The average Bonchev–Trinajstić information content (AvgIpc) is 3.11. The first-order valence-electron chi connectivity index (χ1n) is 9.46. The second-order valence-corrected chi connectivity index (χ2v) is 8.16. The number of ether oxygens (including phenoxy) is 1. The highest BCUT2D eigenvalue weighted by molar-refractivity contribution is 7.21. The quantitative estimate of drug-likeness (QED) is 0.452. The van der Waals surface area contributed by atoms with Gasteiger partial charge in [-0.05, 0) is 73.9 Å². The van der Waals surface area contributed by atoms with Gasteiger partial charge < -0.3 is 10.1 Å². The van der Waals surface area contributed by atoms with Crippen LogP contribution in [-0.4, -0.2) is 17.5 Å². The minimum atomic E-state index is -0.184. The van der Waals surface area contributed by atoms with Crippen LogP contribution in [0.5, 0.6) is 5.75 Å². The molecule has 0 atom stereocenters. The maximum absolute atomic E-state index is 12.3. The van der Waals surface area contributed by atoms with Crippen molar-refractivity contribution >= 4 is 33.1 Å². The van der Waals surface area contributed by atoms with Crippen molar-refractivity contribution < 1.29 is 9.53 Å². The molecule has 0 aliphatic heterocycles. The molecule has 3 aromatic carbocycles. The molecule has 0 unspecified atom stereocenters. The lowest BCUT2D eigenvalue weighted by Gasteiger charge is -2.12. The lowest BCUT2D eigenvalue weighted by molar-refractivity contribution is -0.118. The van der Waals surface area contributed by atoms with Crippen LogP contribution in [0.4, 0.5) is 5.69 Å². The Morgan fingerprint density at radius 3 is 2.45 bits per heavy atom. The molecule has 0 fully saturated rings. The van der Waals surface area contributed by atoms with Gasteiger partial charge in [-0.2, -0.15) is 0 Å². The van der Waals surface area contributed by atoms with E-state index in [-0.39, 0.29) is 12.5 Å². The predicted octanol–water partition coefficient (Wildman–Crippen LogP) is 5.91. The zero-order chi connectivity index (χ0) is 20.4. The zero-order valence-corrected chi connectivity index (χ0v) is 17.5. The number of benzene rings is 3. The van der Waals surface area contributed by atoms with Crippen molar-refractivity contribution in [2.24, 2.45) is 0 Å². The summed E-state index contributed by atoms with van der Waals surface area (Å²) in [5.41, 5.74) is 6.06. The van der Waals surface area contributed by atoms with Crippen LogP contribution in [0.2, 0.25) is 0 Å². The number of hydrogen-bond acceptors (Lipinski definition) is 4. The molecule has 0 aliphatic carbocycles. The molecular weight excluding hydrogens is 380 g/mol. The third kappa shape index (κ3) is 4.30. The van der Waals surface area contributed by atoms with Crippen LogP contribution in [0.15, 0.2) is 60.7 Å². The summed E-state index contributed by atoms with van der Waals surface area (Å²) < 4.78 is 6.90. The Hall–Kier alpha value is -3.18. The number of anilines is 1. The normalized spacial score (nSPS) is 10.9. The van der Waals surface area contributed by atoms with Crippen LogP contribution in [-0.2, 0) is 4.79 Å².